The number of nitriles is 1. The quantitative estimate of drug-likeness (QED) is 0.181. The number of anilines is 1. The summed E-state index contributed by atoms with van der Waals surface area (Å²) in [6.45, 7) is 4.37. The van der Waals surface area contributed by atoms with Gasteiger partial charge in [0.2, 0.25) is 0 Å². The molecule has 0 aliphatic heterocycles. The van der Waals surface area contributed by atoms with Crippen LogP contribution in [0.4, 0.5) is 5.82 Å². The minimum absolute atomic E-state index is 0.334. The first-order valence-electron chi connectivity index (χ1n) is 10.6. The van der Waals surface area contributed by atoms with E-state index in [0.29, 0.717) is 28.1 Å². The lowest BCUT2D eigenvalue weighted by atomic mass is 10.1. The van der Waals surface area contributed by atoms with E-state index in [1.165, 1.54) is 0 Å². The van der Waals surface area contributed by atoms with Crippen molar-refractivity contribution in [1.29, 1.82) is 5.26 Å². The SMILES string of the molecule is COc1ccc(/C=N\Nc2nc(SCCC(C)C)nc(-c3ccc(OC)cc3)c2C#N)cc1. The molecular weight excluding hydrogens is 434 g/mol. The smallest absolute Gasteiger partial charge is 0.190 e. The molecule has 3 aromatic rings. The van der Waals surface area contributed by atoms with Crippen LogP contribution in [-0.4, -0.2) is 36.2 Å². The molecule has 7 nitrogen and oxygen atoms in total. The zero-order chi connectivity index (χ0) is 23.6. The molecular formula is C25H27N5O2S. The molecule has 170 valence electrons. The zero-order valence-electron chi connectivity index (χ0n) is 19.2. The summed E-state index contributed by atoms with van der Waals surface area (Å²) in [5.41, 5.74) is 5.53. The van der Waals surface area contributed by atoms with Gasteiger partial charge in [0.15, 0.2) is 11.0 Å². The third kappa shape index (κ3) is 6.70. The average molecular weight is 462 g/mol. The third-order valence-electron chi connectivity index (χ3n) is 4.79. The Kier molecular flexibility index (Phi) is 8.67. The highest BCUT2D eigenvalue weighted by molar-refractivity contribution is 7.99. The van der Waals surface area contributed by atoms with Gasteiger partial charge in [-0.15, -0.1) is 0 Å². The number of nitrogens with one attached hydrogen (secondary N) is 1. The van der Waals surface area contributed by atoms with Gasteiger partial charge in [0.25, 0.3) is 0 Å². The van der Waals surface area contributed by atoms with E-state index < -0.39 is 0 Å². The summed E-state index contributed by atoms with van der Waals surface area (Å²) in [4.78, 5) is 9.27. The van der Waals surface area contributed by atoms with E-state index in [-0.39, 0.29) is 0 Å². The van der Waals surface area contributed by atoms with Crippen molar-refractivity contribution >= 4 is 23.8 Å². The van der Waals surface area contributed by atoms with E-state index in [4.69, 9.17) is 14.5 Å². The predicted molar refractivity (Wildman–Crippen MR) is 133 cm³/mol. The molecule has 0 amide bonds. The maximum atomic E-state index is 9.91. The maximum absolute atomic E-state index is 9.91. The van der Waals surface area contributed by atoms with E-state index in [0.717, 1.165) is 34.8 Å². The van der Waals surface area contributed by atoms with Gasteiger partial charge in [0.05, 0.1) is 26.1 Å². The molecule has 2 aromatic carbocycles. The Morgan fingerprint density at radius 2 is 1.67 bits per heavy atom. The minimum Gasteiger partial charge on any atom is -0.497 e. The number of benzene rings is 2. The molecule has 0 fully saturated rings. The molecule has 33 heavy (non-hydrogen) atoms. The second-order valence-corrected chi connectivity index (χ2v) is 8.65. The zero-order valence-corrected chi connectivity index (χ0v) is 20.0. The van der Waals surface area contributed by atoms with Gasteiger partial charge < -0.3 is 9.47 Å². The summed E-state index contributed by atoms with van der Waals surface area (Å²) >= 11 is 1.57. The van der Waals surface area contributed by atoms with Gasteiger partial charge in [-0.05, 0) is 66.4 Å². The van der Waals surface area contributed by atoms with Crippen molar-refractivity contribution in [2.75, 3.05) is 25.4 Å². The number of aromatic nitrogens is 2. The normalized spacial score (nSPS) is 10.9. The number of methoxy groups -OCH3 is 2. The van der Waals surface area contributed by atoms with Gasteiger partial charge in [0.1, 0.15) is 23.1 Å². The minimum atomic E-state index is 0.334. The second-order valence-electron chi connectivity index (χ2n) is 7.59. The standard InChI is InChI=1S/C25H27N5O2S/c1-17(2)13-14-33-25-28-23(19-7-11-21(32-4)12-8-19)22(15-26)24(29-25)30-27-16-18-5-9-20(31-3)10-6-18/h5-12,16-17H,13-14H2,1-4H3,(H,28,29,30)/b27-16-. The van der Waals surface area contributed by atoms with E-state index in [1.807, 2.05) is 48.5 Å². The van der Waals surface area contributed by atoms with Gasteiger partial charge in [-0.1, -0.05) is 25.6 Å². The Morgan fingerprint density at radius 3 is 2.24 bits per heavy atom. The molecule has 0 saturated heterocycles. The van der Waals surface area contributed by atoms with E-state index in [1.54, 1.807) is 32.2 Å². The van der Waals surface area contributed by atoms with Gasteiger partial charge in [-0.25, -0.2) is 9.97 Å². The van der Waals surface area contributed by atoms with Crippen molar-refractivity contribution in [2.45, 2.75) is 25.4 Å². The van der Waals surface area contributed by atoms with Crippen LogP contribution >= 0.6 is 11.8 Å². The van der Waals surface area contributed by atoms with Crippen molar-refractivity contribution in [3.63, 3.8) is 0 Å². The molecule has 0 saturated carbocycles. The molecule has 0 aliphatic rings. The van der Waals surface area contributed by atoms with Crippen LogP contribution in [0.15, 0.2) is 58.8 Å². The number of hydrazone groups is 1. The molecule has 1 N–H and O–H groups in total. The van der Waals surface area contributed by atoms with Crippen LogP contribution in [-0.2, 0) is 0 Å². The lowest BCUT2D eigenvalue weighted by Crippen LogP contribution is -2.04. The highest BCUT2D eigenvalue weighted by Gasteiger charge is 2.16. The molecule has 1 aromatic heterocycles. The molecule has 8 heteroatoms. The first kappa shape index (κ1) is 24.1. The third-order valence-corrected chi connectivity index (χ3v) is 5.67. The Morgan fingerprint density at radius 1 is 1.03 bits per heavy atom. The van der Waals surface area contributed by atoms with Crippen LogP contribution in [0.25, 0.3) is 11.3 Å². The van der Waals surface area contributed by atoms with Gasteiger partial charge >= 0.3 is 0 Å². The predicted octanol–water partition coefficient (Wildman–Crippen LogP) is 5.62. The Balaban J connectivity index is 1.93. The summed E-state index contributed by atoms with van der Waals surface area (Å²) in [5.74, 6) is 3.36. The molecule has 1 heterocycles. The first-order chi connectivity index (χ1) is 16.0. The Bertz CT molecular complexity index is 1120. The summed E-state index contributed by atoms with van der Waals surface area (Å²) in [6, 6.07) is 17.2. The fourth-order valence-corrected chi connectivity index (χ4v) is 3.98. The molecule has 0 atom stereocenters. The first-order valence-corrected chi connectivity index (χ1v) is 11.5. The molecule has 3 rings (SSSR count). The van der Waals surface area contributed by atoms with Crippen LogP contribution in [0.5, 0.6) is 11.5 Å². The van der Waals surface area contributed by atoms with Crippen LogP contribution < -0.4 is 14.9 Å². The summed E-state index contributed by atoms with van der Waals surface area (Å²) in [6.07, 6.45) is 2.71. The van der Waals surface area contributed by atoms with Crippen molar-refractivity contribution in [3.05, 3.63) is 59.7 Å². The largest absolute Gasteiger partial charge is 0.497 e. The number of hydrogen-bond donors (Lipinski definition) is 1. The van der Waals surface area contributed by atoms with Crippen LogP contribution in [0, 0.1) is 17.2 Å². The summed E-state index contributed by atoms with van der Waals surface area (Å²) in [7, 11) is 3.24. The number of nitrogens with zero attached hydrogens (tertiary/aromatic N) is 4. The highest BCUT2D eigenvalue weighted by atomic mass is 32.2. The number of thioether (sulfide) groups is 1. The molecule has 0 bridgehead atoms. The van der Waals surface area contributed by atoms with Crippen LogP contribution in [0.2, 0.25) is 0 Å². The average Bonchev–Trinajstić information content (AvgIpc) is 2.84. The number of hydrogen-bond acceptors (Lipinski definition) is 8. The fourth-order valence-electron chi connectivity index (χ4n) is 2.89. The number of rotatable bonds is 10. The van der Waals surface area contributed by atoms with Crippen molar-refractivity contribution in [3.8, 4) is 28.8 Å². The Labute approximate surface area is 198 Å². The van der Waals surface area contributed by atoms with Gasteiger partial charge in [-0.3, -0.25) is 5.43 Å². The lowest BCUT2D eigenvalue weighted by Gasteiger charge is -2.11. The monoisotopic (exact) mass is 461 g/mol. The maximum Gasteiger partial charge on any atom is 0.190 e. The van der Waals surface area contributed by atoms with Gasteiger partial charge in [0, 0.05) is 11.3 Å². The van der Waals surface area contributed by atoms with Crippen molar-refractivity contribution < 1.29 is 9.47 Å². The molecule has 0 spiro atoms. The summed E-state index contributed by atoms with van der Waals surface area (Å²) < 4.78 is 10.4. The summed E-state index contributed by atoms with van der Waals surface area (Å²) in [5, 5.41) is 14.8. The van der Waals surface area contributed by atoms with Gasteiger partial charge in [-0.2, -0.15) is 10.4 Å². The van der Waals surface area contributed by atoms with Crippen LogP contribution in [0.1, 0.15) is 31.4 Å². The van der Waals surface area contributed by atoms with E-state index in [2.05, 4.69) is 35.4 Å². The van der Waals surface area contributed by atoms with Crippen LogP contribution in [0.3, 0.4) is 0 Å². The topological polar surface area (TPSA) is 92.4 Å². The molecule has 0 aliphatic carbocycles. The molecule has 0 unspecified atom stereocenters. The molecule has 0 radical (unpaired) electrons. The Hall–Kier alpha value is -3.57. The van der Waals surface area contributed by atoms with E-state index in [9.17, 15) is 5.26 Å². The highest BCUT2D eigenvalue weighted by Crippen LogP contribution is 2.30. The van der Waals surface area contributed by atoms with Crippen molar-refractivity contribution in [1.82, 2.24) is 9.97 Å². The fraction of sp³-hybridized carbons (Fsp3) is 0.280. The number of ether oxygens (including phenoxy) is 2. The second kappa shape index (κ2) is 11.9. The van der Waals surface area contributed by atoms with Crippen molar-refractivity contribution in [2.24, 2.45) is 11.0 Å². The van der Waals surface area contributed by atoms with E-state index >= 15 is 0 Å². The lowest BCUT2D eigenvalue weighted by molar-refractivity contribution is 0.414.